The normalized spacial score (nSPS) is 35.4. The molecule has 1 aliphatic rings. The van der Waals surface area contributed by atoms with Crippen molar-refractivity contribution in [1.29, 1.82) is 0 Å². The van der Waals surface area contributed by atoms with E-state index in [-0.39, 0.29) is 0 Å². The third kappa shape index (κ3) is 1.98. The summed E-state index contributed by atoms with van der Waals surface area (Å²) >= 11 is 0. The molecule has 0 amide bonds. The summed E-state index contributed by atoms with van der Waals surface area (Å²) in [5.74, 6) is 0.896. The molecule has 0 radical (unpaired) electrons. The summed E-state index contributed by atoms with van der Waals surface area (Å²) in [6, 6.07) is 0.794. The molecule has 0 aliphatic heterocycles. The molecule has 1 saturated carbocycles. The highest BCUT2D eigenvalue weighted by atomic mass is 14.9. The Bertz CT molecular complexity index is 90.7. The van der Waals surface area contributed by atoms with Crippen LogP contribution in [0.4, 0.5) is 0 Å². The predicted molar refractivity (Wildman–Crippen MR) is 45.1 cm³/mol. The van der Waals surface area contributed by atoms with Gasteiger partial charge in [-0.25, -0.2) is 0 Å². The first-order chi connectivity index (χ1) is 4.84. The van der Waals surface area contributed by atoms with E-state index in [1.807, 2.05) is 0 Å². The summed E-state index contributed by atoms with van der Waals surface area (Å²) in [6.07, 6.45) is 7.13. The minimum atomic E-state index is 0.794. The van der Waals surface area contributed by atoms with Crippen molar-refractivity contribution in [2.75, 3.05) is 7.05 Å². The molecule has 0 aromatic heterocycles. The van der Waals surface area contributed by atoms with Crippen LogP contribution in [0, 0.1) is 5.92 Å². The Balaban J connectivity index is 2.35. The Morgan fingerprint density at radius 3 is 2.50 bits per heavy atom. The standard InChI is InChI=1S/C9H19N/c1-8-6-4-3-5-7-9(8)10-2/h8-10H,3-7H2,1-2H3/t8-,9-/m1/s1. The van der Waals surface area contributed by atoms with Crippen LogP contribution < -0.4 is 5.32 Å². The lowest BCUT2D eigenvalue weighted by Crippen LogP contribution is -2.30. The average Bonchev–Trinajstić information content (AvgIpc) is 2.13. The number of hydrogen-bond donors (Lipinski definition) is 1. The number of hydrogen-bond acceptors (Lipinski definition) is 1. The molecule has 1 fully saturated rings. The maximum absolute atomic E-state index is 3.39. The molecule has 1 heteroatoms. The van der Waals surface area contributed by atoms with E-state index in [4.69, 9.17) is 0 Å². The van der Waals surface area contributed by atoms with Crippen LogP contribution in [0.1, 0.15) is 39.0 Å². The molecule has 1 nitrogen and oxygen atoms in total. The van der Waals surface area contributed by atoms with E-state index >= 15 is 0 Å². The molecule has 0 unspecified atom stereocenters. The van der Waals surface area contributed by atoms with Crippen LogP contribution in [0.3, 0.4) is 0 Å². The van der Waals surface area contributed by atoms with Crippen LogP contribution in [0.5, 0.6) is 0 Å². The molecule has 1 rings (SSSR count). The third-order valence-corrected chi connectivity index (χ3v) is 2.73. The highest BCUT2D eigenvalue weighted by Crippen LogP contribution is 2.22. The second-order valence-electron chi connectivity index (χ2n) is 3.51. The van der Waals surface area contributed by atoms with E-state index in [0.29, 0.717) is 0 Å². The van der Waals surface area contributed by atoms with Crippen molar-refractivity contribution in [2.45, 2.75) is 45.1 Å². The second-order valence-corrected chi connectivity index (χ2v) is 3.51. The van der Waals surface area contributed by atoms with E-state index in [2.05, 4.69) is 19.3 Å². The van der Waals surface area contributed by atoms with Gasteiger partial charge in [0.05, 0.1) is 0 Å². The van der Waals surface area contributed by atoms with Gasteiger partial charge in [-0.1, -0.05) is 26.2 Å². The predicted octanol–water partition coefficient (Wildman–Crippen LogP) is 2.17. The van der Waals surface area contributed by atoms with Gasteiger partial charge in [0, 0.05) is 6.04 Å². The Kier molecular flexibility index (Phi) is 3.20. The third-order valence-electron chi connectivity index (χ3n) is 2.73. The van der Waals surface area contributed by atoms with E-state index in [1.54, 1.807) is 0 Å². The molecule has 2 atom stereocenters. The SMILES string of the molecule is CN[C@@H]1CCCCC[C@H]1C. The van der Waals surface area contributed by atoms with Gasteiger partial charge in [0.1, 0.15) is 0 Å². The van der Waals surface area contributed by atoms with Crippen molar-refractivity contribution >= 4 is 0 Å². The minimum Gasteiger partial charge on any atom is -0.317 e. The lowest BCUT2D eigenvalue weighted by atomic mass is 9.97. The lowest BCUT2D eigenvalue weighted by molar-refractivity contribution is 0.379. The fraction of sp³-hybridized carbons (Fsp3) is 1.00. The molecule has 0 aromatic carbocycles. The van der Waals surface area contributed by atoms with Crippen molar-refractivity contribution in [3.05, 3.63) is 0 Å². The Labute approximate surface area is 64.2 Å². The van der Waals surface area contributed by atoms with Gasteiger partial charge < -0.3 is 5.32 Å². The first-order valence-electron chi connectivity index (χ1n) is 4.52. The molecule has 0 spiro atoms. The zero-order valence-electron chi connectivity index (χ0n) is 7.19. The van der Waals surface area contributed by atoms with Crippen LogP contribution in [0.15, 0.2) is 0 Å². The molecule has 0 aromatic rings. The lowest BCUT2D eigenvalue weighted by Gasteiger charge is -2.19. The van der Waals surface area contributed by atoms with Crippen LogP contribution in [-0.2, 0) is 0 Å². The molecule has 0 heterocycles. The Morgan fingerprint density at radius 2 is 1.80 bits per heavy atom. The topological polar surface area (TPSA) is 12.0 Å². The molecular formula is C9H19N. The second kappa shape index (κ2) is 3.97. The van der Waals surface area contributed by atoms with Gasteiger partial charge in [-0.3, -0.25) is 0 Å². The highest BCUT2D eigenvalue weighted by Gasteiger charge is 2.16. The zero-order chi connectivity index (χ0) is 7.40. The van der Waals surface area contributed by atoms with E-state index < -0.39 is 0 Å². The first kappa shape index (κ1) is 8.06. The Hall–Kier alpha value is -0.0400. The fourth-order valence-corrected chi connectivity index (χ4v) is 1.92. The Morgan fingerprint density at radius 1 is 1.10 bits per heavy atom. The van der Waals surface area contributed by atoms with Crippen LogP contribution in [-0.4, -0.2) is 13.1 Å². The zero-order valence-corrected chi connectivity index (χ0v) is 7.19. The van der Waals surface area contributed by atoms with E-state index in [9.17, 15) is 0 Å². The van der Waals surface area contributed by atoms with Gasteiger partial charge in [0.2, 0.25) is 0 Å². The molecular weight excluding hydrogens is 122 g/mol. The summed E-state index contributed by atoms with van der Waals surface area (Å²) in [4.78, 5) is 0. The van der Waals surface area contributed by atoms with Gasteiger partial charge in [-0.2, -0.15) is 0 Å². The largest absolute Gasteiger partial charge is 0.317 e. The van der Waals surface area contributed by atoms with Gasteiger partial charge in [0.25, 0.3) is 0 Å². The number of nitrogens with one attached hydrogen (secondary N) is 1. The molecule has 0 bridgehead atoms. The van der Waals surface area contributed by atoms with Gasteiger partial charge >= 0.3 is 0 Å². The average molecular weight is 141 g/mol. The van der Waals surface area contributed by atoms with Crippen molar-refractivity contribution in [3.63, 3.8) is 0 Å². The highest BCUT2D eigenvalue weighted by molar-refractivity contribution is 4.74. The molecule has 10 heavy (non-hydrogen) atoms. The summed E-state index contributed by atoms with van der Waals surface area (Å²) in [5.41, 5.74) is 0. The monoisotopic (exact) mass is 141 g/mol. The minimum absolute atomic E-state index is 0.794. The van der Waals surface area contributed by atoms with Crippen molar-refractivity contribution < 1.29 is 0 Å². The summed E-state index contributed by atoms with van der Waals surface area (Å²) in [5, 5.41) is 3.39. The smallest absolute Gasteiger partial charge is 0.00896 e. The summed E-state index contributed by atoms with van der Waals surface area (Å²) in [6.45, 7) is 2.37. The maximum Gasteiger partial charge on any atom is 0.00896 e. The van der Waals surface area contributed by atoms with Gasteiger partial charge in [0.15, 0.2) is 0 Å². The van der Waals surface area contributed by atoms with E-state index in [0.717, 1.165) is 12.0 Å². The van der Waals surface area contributed by atoms with Gasteiger partial charge in [-0.15, -0.1) is 0 Å². The quantitative estimate of drug-likeness (QED) is 0.552. The van der Waals surface area contributed by atoms with Crippen molar-refractivity contribution in [3.8, 4) is 0 Å². The molecule has 60 valence electrons. The van der Waals surface area contributed by atoms with Crippen molar-refractivity contribution in [1.82, 2.24) is 5.32 Å². The summed E-state index contributed by atoms with van der Waals surface area (Å²) < 4.78 is 0. The van der Waals surface area contributed by atoms with Crippen molar-refractivity contribution in [2.24, 2.45) is 5.92 Å². The van der Waals surface area contributed by atoms with E-state index in [1.165, 1.54) is 32.1 Å². The fourth-order valence-electron chi connectivity index (χ4n) is 1.92. The van der Waals surface area contributed by atoms with Crippen LogP contribution in [0.25, 0.3) is 0 Å². The molecule has 0 saturated heterocycles. The van der Waals surface area contributed by atoms with Crippen LogP contribution in [0.2, 0.25) is 0 Å². The molecule has 1 aliphatic carbocycles. The number of rotatable bonds is 1. The van der Waals surface area contributed by atoms with Gasteiger partial charge in [-0.05, 0) is 25.8 Å². The molecule has 1 N–H and O–H groups in total. The van der Waals surface area contributed by atoms with Crippen LogP contribution >= 0.6 is 0 Å². The summed E-state index contributed by atoms with van der Waals surface area (Å²) in [7, 11) is 2.09. The first-order valence-corrected chi connectivity index (χ1v) is 4.52. The maximum atomic E-state index is 3.39.